The average molecular weight is 292 g/mol. The van der Waals surface area contributed by atoms with Crippen molar-refractivity contribution in [3.05, 3.63) is 0 Å². The van der Waals surface area contributed by atoms with E-state index < -0.39 is 30.0 Å². The van der Waals surface area contributed by atoms with Gasteiger partial charge in [-0.2, -0.15) is 0 Å². The molecule has 0 N–H and O–H groups in total. The normalized spacial score (nSPS) is 31.1. The van der Waals surface area contributed by atoms with E-state index in [1.165, 1.54) is 0 Å². The van der Waals surface area contributed by atoms with E-state index in [0.717, 1.165) is 6.42 Å². The van der Waals surface area contributed by atoms with E-state index in [-0.39, 0.29) is 12.8 Å². The topological polar surface area (TPSA) is 29.5 Å². The smallest absolute Gasteiger partial charge is 0.449 e. The monoisotopic (exact) mass is 292 g/mol. The van der Waals surface area contributed by atoms with Crippen LogP contribution in [0.2, 0.25) is 5.82 Å². The molecule has 1 saturated carbocycles. The number of halogens is 3. The van der Waals surface area contributed by atoms with Gasteiger partial charge in [0.15, 0.2) is 0 Å². The Hall–Kier alpha value is -0.875. The molecule has 1 saturated heterocycles. The maximum absolute atomic E-state index is 12.9. The van der Waals surface area contributed by atoms with Crippen molar-refractivity contribution in [3.8, 4) is 0 Å². The molecule has 3 nitrogen and oxygen atoms in total. The second-order valence-corrected chi connectivity index (χ2v) is 7.09. The predicted octanol–water partition coefficient (Wildman–Crippen LogP) is 4.16. The summed E-state index contributed by atoms with van der Waals surface area (Å²) < 4.78 is 44.1. The van der Waals surface area contributed by atoms with Gasteiger partial charge in [-0.15, -0.1) is 0 Å². The molecule has 2 fully saturated rings. The van der Waals surface area contributed by atoms with E-state index in [1.807, 2.05) is 0 Å². The molecule has 0 aromatic carbocycles. The summed E-state index contributed by atoms with van der Waals surface area (Å²) in [6, 6.07) is 0. The van der Waals surface area contributed by atoms with Crippen LogP contribution in [0.25, 0.3) is 0 Å². The molecule has 0 aromatic rings. The van der Waals surface area contributed by atoms with Crippen LogP contribution in [0.4, 0.5) is 17.7 Å². The summed E-state index contributed by atoms with van der Waals surface area (Å²) in [6.45, 7) is 0.998. The number of hydrogen-bond acceptors (Lipinski definition) is 2. The summed E-state index contributed by atoms with van der Waals surface area (Å²) in [5.41, 5.74) is -1.24. The molecule has 7 heteroatoms. The number of carbonyl (C=O) groups excluding carboxylic acids is 1. The fraction of sp³-hybridized carbons (Fsp3) is 0.923. The van der Waals surface area contributed by atoms with E-state index in [0.29, 0.717) is 19.4 Å². The Balaban J connectivity index is 2.10. The average Bonchev–Trinajstić information content (AvgIpc) is 2.83. The van der Waals surface area contributed by atoms with Gasteiger partial charge in [0.05, 0.1) is 0 Å². The molecule has 2 rings (SSSR count). The summed E-state index contributed by atoms with van der Waals surface area (Å²) in [7, 11) is 0. The van der Waals surface area contributed by atoms with Crippen LogP contribution >= 0.6 is 0 Å². The lowest BCUT2D eigenvalue weighted by atomic mass is 9.70. The van der Waals surface area contributed by atoms with Gasteiger partial charge < -0.3 is 22.6 Å². The number of rotatable bonds is 1. The molecule has 1 aliphatic carbocycles. The first-order valence-corrected chi connectivity index (χ1v) is 7.24. The molecule has 1 aliphatic heterocycles. The second-order valence-electron chi connectivity index (χ2n) is 7.09. The van der Waals surface area contributed by atoms with E-state index >= 15 is 0 Å². The zero-order chi connectivity index (χ0) is 15.2. The molecule has 2 atom stereocenters. The van der Waals surface area contributed by atoms with Gasteiger partial charge in [0.2, 0.25) is 0 Å². The SMILES string of the molecule is CC(C)(C)OC(=O)N1CCCC12CCC([B-](F)(F)F)C2. The molecule has 2 aliphatic rings. The number of ether oxygens (including phenoxy) is 1. The van der Waals surface area contributed by atoms with Crippen molar-refractivity contribution < 1.29 is 22.5 Å². The number of likely N-dealkylation sites (tertiary alicyclic amines) is 1. The predicted molar refractivity (Wildman–Crippen MR) is 71.6 cm³/mol. The number of amides is 1. The summed E-state index contributed by atoms with van der Waals surface area (Å²) in [6.07, 6.45) is 1.59. The Bertz CT molecular complexity index is 394. The lowest BCUT2D eigenvalue weighted by Gasteiger charge is -2.37. The fourth-order valence-electron chi connectivity index (χ4n) is 3.48. The summed E-state index contributed by atoms with van der Waals surface area (Å²) in [5.74, 6) is -1.22. The third kappa shape index (κ3) is 3.06. The van der Waals surface area contributed by atoms with Gasteiger partial charge in [-0.3, -0.25) is 0 Å². The lowest BCUT2D eigenvalue weighted by Crippen LogP contribution is -2.48. The van der Waals surface area contributed by atoms with Gasteiger partial charge in [-0.25, -0.2) is 4.79 Å². The Labute approximate surface area is 117 Å². The number of hydrogen-bond donors (Lipinski definition) is 0. The largest absolute Gasteiger partial charge is 0.481 e. The minimum absolute atomic E-state index is 0.0513. The van der Waals surface area contributed by atoms with Crippen molar-refractivity contribution in [1.29, 1.82) is 0 Å². The van der Waals surface area contributed by atoms with Crippen LogP contribution in [-0.4, -0.2) is 35.7 Å². The molecule has 0 bridgehead atoms. The molecule has 2 unspecified atom stereocenters. The van der Waals surface area contributed by atoms with Gasteiger partial charge in [0.1, 0.15) is 5.60 Å². The fourth-order valence-corrected chi connectivity index (χ4v) is 3.48. The van der Waals surface area contributed by atoms with Gasteiger partial charge in [0.25, 0.3) is 0 Å². The summed E-state index contributed by atoms with van der Waals surface area (Å²) in [4.78, 5) is 13.8. The first kappa shape index (κ1) is 15.5. The highest BCUT2D eigenvalue weighted by Crippen LogP contribution is 2.52. The Morgan fingerprint density at radius 3 is 2.45 bits per heavy atom. The molecule has 1 spiro atoms. The highest BCUT2D eigenvalue weighted by Gasteiger charge is 2.53. The Morgan fingerprint density at radius 2 is 1.95 bits per heavy atom. The minimum atomic E-state index is -4.81. The number of carbonyl (C=O) groups is 1. The Morgan fingerprint density at radius 1 is 1.30 bits per heavy atom. The van der Waals surface area contributed by atoms with Gasteiger partial charge in [-0.05, 0) is 40.0 Å². The summed E-state index contributed by atoms with van der Waals surface area (Å²) >= 11 is 0. The molecule has 0 radical (unpaired) electrons. The molecule has 20 heavy (non-hydrogen) atoms. The van der Waals surface area contributed by atoms with Crippen molar-refractivity contribution in [2.75, 3.05) is 6.54 Å². The van der Waals surface area contributed by atoms with E-state index in [1.54, 1.807) is 25.7 Å². The zero-order valence-corrected chi connectivity index (χ0v) is 12.3. The highest BCUT2D eigenvalue weighted by atomic mass is 19.4. The maximum Gasteiger partial charge on any atom is 0.481 e. The van der Waals surface area contributed by atoms with Gasteiger partial charge in [-0.1, -0.05) is 18.7 Å². The van der Waals surface area contributed by atoms with Gasteiger partial charge in [0, 0.05) is 12.1 Å². The standard InChI is InChI=1S/C13H22BF3NO2/c1-12(2,3)20-11(19)18-8-4-6-13(18)7-5-10(9-13)14(15,16)17/h10H,4-9H2,1-3H3/q-1. The lowest BCUT2D eigenvalue weighted by molar-refractivity contribution is 0.00864. The molecule has 0 aromatic heterocycles. The van der Waals surface area contributed by atoms with Crippen LogP contribution < -0.4 is 0 Å². The molecule has 1 amide bonds. The molecular weight excluding hydrogens is 270 g/mol. The van der Waals surface area contributed by atoms with Crippen molar-refractivity contribution in [3.63, 3.8) is 0 Å². The van der Waals surface area contributed by atoms with Crippen LogP contribution in [0.1, 0.15) is 52.9 Å². The van der Waals surface area contributed by atoms with Crippen molar-refractivity contribution in [2.45, 2.75) is 69.8 Å². The van der Waals surface area contributed by atoms with Crippen LogP contribution in [0.3, 0.4) is 0 Å². The van der Waals surface area contributed by atoms with Gasteiger partial charge >= 0.3 is 13.1 Å². The summed E-state index contributed by atoms with van der Waals surface area (Å²) in [5, 5.41) is 0. The van der Waals surface area contributed by atoms with Crippen LogP contribution in [-0.2, 0) is 4.74 Å². The third-order valence-electron chi connectivity index (χ3n) is 4.37. The van der Waals surface area contributed by atoms with Crippen LogP contribution in [0.15, 0.2) is 0 Å². The van der Waals surface area contributed by atoms with Crippen molar-refractivity contribution >= 4 is 13.1 Å². The second kappa shape index (κ2) is 4.84. The Kier molecular flexibility index (Phi) is 3.76. The zero-order valence-electron chi connectivity index (χ0n) is 12.3. The highest BCUT2D eigenvalue weighted by molar-refractivity contribution is 6.60. The van der Waals surface area contributed by atoms with Crippen LogP contribution in [0, 0.1) is 0 Å². The molecule has 1 heterocycles. The van der Waals surface area contributed by atoms with E-state index in [9.17, 15) is 17.7 Å². The van der Waals surface area contributed by atoms with Crippen LogP contribution in [0.5, 0.6) is 0 Å². The molecule has 116 valence electrons. The number of nitrogens with zero attached hydrogens (tertiary/aromatic N) is 1. The first-order chi connectivity index (χ1) is 9.04. The van der Waals surface area contributed by atoms with E-state index in [4.69, 9.17) is 4.74 Å². The van der Waals surface area contributed by atoms with Crippen molar-refractivity contribution in [1.82, 2.24) is 4.90 Å². The van der Waals surface area contributed by atoms with E-state index in [2.05, 4.69) is 0 Å². The first-order valence-electron chi connectivity index (χ1n) is 7.24. The quantitative estimate of drug-likeness (QED) is 0.679. The molecular formula is C13H22BF3NO2-. The third-order valence-corrected chi connectivity index (χ3v) is 4.37. The minimum Gasteiger partial charge on any atom is -0.449 e. The maximum atomic E-state index is 12.9. The van der Waals surface area contributed by atoms with Crippen molar-refractivity contribution in [2.24, 2.45) is 0 Å².